The lowest BCUT2D eigenvalue weighted by molar-refractivity contribution is -0.140. The Morgan fingerprint density at radius 2 is 1.75 bits per heavy atom. The van der Waals surface area contributed by atoms with Crippen molar-refractivity contribution < 1.29 is 41.8 Å². The largest absolute Gasteiger partial charge is 0.497 e. The van der Waals surface area contributed by atoms with Crippen LogP contribution in [0, 0.1) is 5.92 Å². The minimum atomic E-state index is -4.02. The number of fused-ring (bicyclic) bond motifs is 1. The lowest BCUT2D eigenvalue weighted by atomic mass is 10.1. The molecule has 15 nitrogen and oxygen atoms in total. The molecule has 2 fully saturated rings. The predicted octanol–water partition coefficient (Wildman–Crippen LogP) is 3.48. The Bertz CT molecular complexity index is 2020. The van der Waals surface area contributed by atoms with Crippen molar-refractivity contribution in [1.29, 1.82) is 0 Å². The molecule has 1 saturated carbocycles. The molecule has 5 rings (SSSR count). The summed E-state index contributed by atoms with van der Waals surface area (Å²) in [5.41, 5.74) is -1.12. The van der Waals surface area contributed by atoms with E-state index in [1.54, 1.807) is 39.0 Å². The lowest BCUT2D eigenvalue weighted by Gasteiger charge is -2.29. The van der Waals surface area contributed by atoms with E-state index in [0.29, 0.717) is 22.5 Å². The van der Waals surface area contributed by atoms with E-state index in [9.17, 15) is 27.6 Å². The third kappa shape index (κ3) is 8.70. The molecule has 16 heteroatoms. The number of sulfonamides is 1. The first-order valence-corrected chi connectivity index (χ1v) is 18.8. The third-order valence-electron chi connectivity index (χ3n) is 9.04. The van der Waals surface area contributed by atoms with Gasteiger partial charge >= 0.3 is 6.09 Å². The number of methoxy groups -OCH3 is 1. The van der Waals surface area contributed by atoms with Gasteiger partial charge in [0.2, 0.25) is 27.7 Å². The lowest BCUT2D eigenvalue weighted by Crippen LogP contribution is -2.58. The van der Waals surface area contributed by atoms with Crippen LogP contribution in [0.2, 0.25) is 0 Å². The molecule has 0 bridgehead atoms. The maximum absolute atomic E-state index is 14.2. The average Bonchev–Trinajstić information content (AvgIpc) is 3.66. The van der Waals surface area contributed by atoms with Crippen LogP contribution in [0.1, 0.15) is 54.4 Å². The first kappa shape index (κ1) is 39.0. The van der Waals surface area contributed by atoms with Gasteiger partial charge in [-0.25, -0.2) is 18.2 Å². The van der Waals surface area contributed by atoms with Crippen molar-refractivity contribution in [2.45, 2.75) is 89.0 Å². The number of likely N-dealkylation sites (tertiary alicyclic amines) is 1. The Morgan fingerprint density at radius 3 is 2.36 bits per heavy atom. The van der Waals surface area contributed by atoms with Crippen molar-refractivity contribution in [3.05, 3.63) is 61.2 Å². The molecule has 284 valence electrons. The van der Waals surface area contributed by atoms with Gasteiger partial charge in [-0.15, -0.1) is 6.58 Å². The number of hydrogen-bond donors (Lipinski definition) is 3. The zero-order valence-electron chi connectivity index (χ0n) is 30.8. The van der Waals surface area contributed by atoms with Crippen LogP contribution < -0.4 is 24.8 Å². The second kappa shape index (κ2) is 15.0. The normalized spacial score (nSPS) is 21.7. The summed E-state index contributed by atoms with van der Waals surface area (Å²) < 4.78 is 44.6. The molecule has 2 aliphatic rings. The van der Waals surface area contributed by atoms with Crippen LogP contribution in [0.5, 0.6) is 11.6 Å². The molecular formula is C37H46N6O9S. The van der Waals surface area contributed by atoms with Crippen LogP contribution in [0.3, 0.4) is 0 Å². The van der Waals surface area contributed by atoms with Crippen molar-refractivity contribution in [3.8, 4) is 23.0 Å². The van der Waals surface area contributed by atoms with Crippen LogP contribution in [-0.2, 0) is 29.1 Å². The van der Waals surface area contributed by atoms with E-state index in [1.165, 1.54) is 38.9 Å². The molecule has 1 saturated heterocycles. The van der Waals surface area contributed by atoms with Gasteiger partial charge < -0.3 is 29.7 Å². The SMILES string of the molecule is C=CC1CC1(NC(=O)C1C[C@@H](Oc2nc(-c3ccccc3)nc3ccc(OC)cc23)CN1C(=O)[C@H](C)NC(=O)OC(C)(C)C)C(=O)NS(=O)(=O)C(C)C. The highest BCUT2D eigenvalue weighted by Gasteiger charge is 2.61. The highest BCUT2D eigenvalue weighted by Crippen LogP contribution is 2.45. The Labute approximate surface area is 308 Å². The second-order valence-corrected chi connectivity index (χ2v) is 16.7. The standard InChI is InChI=1S/C37H46N6O9S/c1-9-24-19-37(24,34(46)42-53(48,49)21(2)3)41-31(44)29-18-26(20-43(29)33(45)22(4)38-35(47)52-36(5,6)7)51-32-27-17-25(50-8)15-16-28(27)39-30(40-32)23-13-11-10-12-14-23/h9-17,21-22,24,26,29H,1,18-20H2,2-8H3,(H,38,47)(H,41,44)(H,42,46)/t22-,24?,26+,29?,37?/m0/s1. The fraction of sp³-hybridized carbons (Fsp3) is 0.459. The predicted molar refractivity (Wildman–Crippen MR) is 196 cm³/mol. The number of amides is 4. The van der Waals surface area contributed by atoms with E-state index in [2.05, 4.69) is 21.9 Å². The quantitative estimate of drug-likeness (QED) is 0.230. The van der Waals surface area contributed by atoms with Crippen LogP contribution in [0.15, 0.2) is 61.2 Å². The third-order valence-corrected chi connectivity index (χ3v) is 10.7. The number of carbonyl (C=O) groups excluding carboxylic acids is 4. The molecule has 53 heavy (non-hydrogen) atoms. The van der Waals surface area contributed by atoms with Crippen molar-refractivity contribution in [1.82, 2.24) is 30.2 Å². The maximum atomic E-state index is 14.2. The van der Waals surface area contributed by atoms with Gasteiger partial charge in [-0.2, -0.15) is 4.98 Å². The average molecular weight is 751 g/mol. The van der Waals surface area contributed by atoms with Gasteiger partial charge in [0.25, 0.3) is 5.91 Å². The zero-order chi connectivity index (χ0) is 38.9. The number of alkyl carbamates (subject to hydrolysis) is 1. The molecule has 2 aromatic carbocycles. The Kier molecular flexibility index (Phi) is 11.0. The van der Waals surface area contributed by atoms with E-state index >= 15 is 0 Å². The summed E-state index contributed by atoms with van der Waals surface area (Å²) in [7, 11) is -2.49. The van der Waals surface area contributed by atoms with Gasteiger partial charge in [0.1, 0.15) is 35.1 Å². The topological polar surface area (TPSA) is 195 Å². The van der Waals surface area contributed by atoms with E-state index < -0.39 is 74.3 Å². The molecule has 3 N–H and O–H groups in total. The molecule has 1 aliphatic carbocycles. The summed E-state index contributed by atoms with van der Waals surface area (Å²) in [5.74, 6) is -1.67. The molecule has 5 atom stereocenters. The molecule has 3 aromatic rings. The summed E-state index contributed by atoms with van der Waals surface area (Å²) in [6, 6.07) is 12.2. The van der Waals surface area contributed by atoms with Gasteiger partial charge in [0, 0.05) is 17.9 Å². The number of ether oxygens (including phenoxy) is 3. The summed E-state index contributed by atoms with van der Waals surface area (Å²) >= 11 is 0. The van der Waals surface area contributed by atoms with E-state index in [-0.39, 0.29) is 25.3 Å². The Balaban J connectivity index is 1.47. The summed E-state index contributed by atoms with van der Waals surface area (Å²) in [5, 5.41) is 4.89. The van der Waals surface area contributed by atoms with Crippen molar-refractivity contribution >= 4 is 44.7 Å². The number of nitrogens with zero attached hydrogens (tertiary/aromatic N) is 3. The van der Waals surface area contributed by atoms with Gasteiger partial charge in [-0.1, -0.05) is 36.4 Å². The number of benzene rings is 2. The Morgan fingerprint density at radius 1 is 1.06 bits per heavy atom. The van der Waals surface area contributed by atoms with Crippen molar-refractivity contribution in [2.24, 2.45) is 5.92 Å². The van der Waals surface area contributed by atoms with Gasteiger partial charge in [0.15, 0.2) is 5.82 Å². The highest BCUT2D eigenvalue weighted by molar-refractivity contribution is 7.90. The smallest absolute Gasteiger partial charge is 0.408 e. The Hall–Kier alpha value is -5.25. The molecule has 4 amide bonds. The monoisotopic (exact) mass is 750 g/mol. The molecule has 2 heterocycles. The summed E-state index contributed by atoms with van der Waals surface area (Å²) in [4.78, 5) is 64.9. The number of hydrogen-bond acceptors (Lipinski definition) is 11. The minimum absolute atomic E-state index is 0.0341. The zero-order valence-corrected chi connectivity index (χ0v) is 31.7. The number of aromatic nitrogens is 2. The first-order chi connectivity index (χ1) is 24.9. The van der Waals surface area contributed by atoms with Crippen LogP contribution in [-0.4, -0.2) is 95.3 Å². The van der Waals surface area contributed by atoms with Crippen molar-refractivity contribution in [3.63, 3.8) is 0 Å². The maximum Gasteiger partial charge on any atom is 0.408 e. The number of nitrogens with one attached hydrogen (secondary N) is 3. The molecule has 0 radical (unpaired) electrons. The number of carbonyl (C=O) groups is 4. The molecule has 3 unspecified atom stereocenters. The van der Waals surface area contributed by atoms with Gasteiger partial charge in [-0.3, -0.25) is 19.1 Å². The van der Waals surface area contributed by atoms with Crippen molar-refractivity contribution in [2.75, 3.05) is 13.7 Å². The van der Waals surface area contributed by atoms with Crippen LogP contribution in [0.4, 0.5) is 4.79 Å². The molecule has 1 aliphatic heterocycles. The highest BCUT2D eigenvalue weighted by atomic mass is 32.2. The molecular weight excluding hydrogens is 705 g/mol. The molecule has 1 aromatic heterocycles. The summed E-state index contributed by atoms with van der Waals surface area (Å²) in [6.45, 7) is 13.0. The fourth-order valence-electron chi connectivity index (χ4n) is 6.02. The van der Waals surface area contributed by atoms with Crippen LogP contribution >= 0.6 is 0 Å². The second-order valence-electron chi connectivity index (χ2n) is 14.5. The van der Waals surface area contributed by atoms with Gasteiger partial charge in [0.05, 0.1) is 29.8 Å². The molecule has 0 spiro atoms. The van der Waals surface area contributed by atoms with E-state index in [1.807, 2.05) is 30.3 Å². The summed E-state index contributed by atoms with van der Waals surface area (Å²) in [6.07, 6.45) is -0.0765. The first-order valence-electron chi connectivity index (χ1n) is 17.3. The number of rotatable bonds is 12. The fourth-order valence-corrected chi connectivity index (χ4v) is 6.69. The minimum Gasteiger partial charge on any atom is -0.497 e. The van der Waals surface area contributed by atoms with Gasteiger partial charge in [-0.05, 0) is 66.2 Å². The van der Waals surface area contributed by atoms with E-state index in [4.69, 9.17) is 24.2 Å². The van der Waals surface area contributed by atoms with Crippen LogP contribution in [0.25, 0.3) is 22.3 Å². The van der Waals surface area contributed by atoms with E-state index in [0.717, 1.165) is 5.56 Å².